The predicted molar refractivity (Wildman–Crippen MR) is 72.0 cm³/mol. The SMILES string of the molecule is N#Cc1cccc(Oc2cc(F)c(Br)cc2[N+](=O)[O-])c1. The standard InChI is InChI=1S/C13H6BrFN2O3/c14-10-5-12(17(18)19)13(6-11(10)15)20-9-3-1-2-8(4-9)7-16/h1-6H. The maximum atomic E-state index is 13.5. The zero-order valence-electron chi connectivity index (χ0n) is 9.84. The second-order valence-electron chi connectivity index (χ2n) is 3.73. The van der Waals surface area contributed by atoms with Crippen LogP contribution in [0.2, 0.25) is 0 Å². The third kappa shape index (κ3) is 2.92. The fraction of sp³-hybridized carbons (Fsp3) is 0. The molecule has 20 heavy (non-hydrogen) atoms. The average Bonchev–Trinajstić information content (AvgIpc) is 2.42. The number of nitriles is 1. The van der Waals surface area contributed by atoms with Crippen LogP contribution in [-0.2, 0) is 0 Å². The van der Waals surface area contributed by atoms with E-state index in [2.05, 4.69) is 15.9 Å². The van der Waals surface area contributed by atoms with Crippen molar-refractivity contribution in [3.8, 4) is 17.6 Å². The molecule has 7 heteroatoms. The first-order valence-electron chi connectivity index (χ1n) is 5.32. The van der Waals surface area contributed by atoms with Crippen LogP contribution in [-0.4, -0.2) is 4.92 Å². The van der Waals surface area contributed by atoms with Gasteiger partial charge in [-0.25, -0.2) is 4.39 Å². The third-order valence-corrected chi connectivity index (χ3v) is 3.00. The van der Waals surface area contributed by atoms with Crippen molar-refractivity contribution in [1.29, 1.82) is 5.26 Å². The van der Waals surface area contributed by atoms with Gasteiger partial charge in [0.25, 0.3) is 0 Å². The number of ether oxygens (including phenoxy) is 1. The fourth-order valence-electron chi connectivity index (χ4n) is 1.50. The lowest BCUT2D eigenvalue weighted by Crippen LogP contribution is -1.95. The molecule has 0 atom stereocenters. The number of nitro benzene ring substituents is 1. The van der Waals surface area contributed by atoms with Gasteiger partial charge in [0.1, 0.15) is 11.6 Å². The van der Waals surface area contributed by atoms with E-state index >= 15 is 0 Å². The average molecular weight is 337 g/mol. The lowest BCUT2D eigenvalue weighted by Gasteiger charge is -2.07. The van der Waals surface area contributed by atoms with Gasteiger partial charge < -0.3 is 4.74 Å². The summed E-state index contributed by atoms with van der Waals surface area (Å²) in [5.41, 5.74) is -0.0385. The van der Waals surface area contributed by atoms with Gasteiger partial charge in [0.2, 0.25) is 5.75 Å². The first kappa shape index (κ1) is 14.0. The van der Waals surface area contributed by atoms with Crippen LogP contribution in [0.4, 0.5) is 10.1 Å². The van der Waals surface area contributed by atoms with Gasteiger partial charge in [0.15, 0.2) is 0 Å². The number of hydrogen-bond acceptors (Lipinski definition) is 4. The van der Waals surface area contributed by atoms with Crippen molar-refractivity contribution < 1.29 is 14.1 Å². The van der Waals surface area contributed by atoms with Crippen molar-refractivity contribution in [1.82, 2.24) is 0 Å². The van der Waals surface area contributed by atoms with Crippen molar-refractivity contribution in [2.24, 2.45) is 0 Å². The zero-order valence-corrected chi connectivity index (χ0v) is 11.4. The Morgan fingerprint density at radius 1 is 1.35 bits per heavy atom. The maximum Gasteiger partial charge on any atom is 0.312 e. The number of benzene rings is 2. The van der Waals surface area contributed by atoms with Gasteiger partial charge in [-0.05, 0) is 34.1 Å². The highest BCUT2D eigenvalue weighted by Crippen LogP contribution is 2.35. The number of hydrogen-bond donors (Lipinski definition) is 0. The van der Waals surface area contributed by atoms with Gasteiger partial charge in [0, 0.05) is 12.1 Å². The summed E-state index contributed by atoms with van der Waals surface area (Å²) < 4.78 is 18.7. The summed E-state index contributed by atoms with van der Waals surface area (Å²) in [6, 6.07) is 9.91. The number of rotatable bonds is 3. The Labute approximate surface area is 121 Å². The van der Waals surface area contributed by atoms with Gasteiger partial charge in [-0.3, -0.25) is 10.1 Å². The summed E-state index contributed by atoms with van der Waals surface area (Å²) in [5, 5.41) is 19.7. The quantitative estimate of drug-likeness (QED) is 0.622. The minimum Gasteiger partial charge on any atom is -0.450 e. The summed E-state index contributed by atoms with van der Waals surface area (Å²) in [4.78, 5) is 10.3. The van der Waals surface area contributed by atoms with Crippen LogP contribution >= 0.6 is 15.9 Å². The molecule has 0 aliphatic heterocycles. The largest absolute Gasteiger partial charge is 0.450 e. The number of nitrogens with zero attached hydrogens (tertiary/aromatic N) is 2. The van der Waals surface area contributed by atoms with E-state index in [9.17, 15) is 14.5 Å². The molecule has 2 rings (SSSR count). The molecule has 0 radical (unpaired) electrons. The summed E-state index contributed by atoms with van der Waals surface area (Å²) >= 11 is 2.88. The Bertz CT molecular complexity index is 728. The highest BCUT2D eigenvalue weighted by molar-refractivity contribution is 9.10. The minimum absolute atomic E-state index is 0.0256. The Kier molecular flexibility index (Phi) is 3.96. The molecule has 0 aromatic heterocycles. The number of halogens is 2. The van der Waals surface area contributed by atoms with E-state index < -0.39 is 10.7 Å². The van der Waals surface area contributed by atoms with E-state index in [0.717, 1.165) is 12.1 Å². The van der Waals surface area contributed by atoms with Crippen LogP contribution in [0.5, 0.6) is 11.5 Å². The molecule has 0 fully saturated rings. The van der Waals surface area contributed by atoms with Crippen LogP contribution in [0.1, 0.15) is 5.56 Å². The predicted octanol–water partition coefficient (Wildman–Crippen LogP) is 4.16. The lowest BCUT2D eigenvalue weighted by atomic mass is 10.2. The van der Waals surface area contributed by atoms with Crippen molar-refractivity contribution in [2.75, 3.05) is 0 Å². The fourth-order valence-corrected chi connectivity index (χ4v) is 1.83. The molecule has 0 saturated heterocycles. The van der Waals surface area contributed by atoms with Crippen LogP contribution in [0, 0.1) is 27.3 Å². The topological polar surface area (TPSA) is 76.2 Å². The van der Waals surface area contributed by atoms with Crippen LogP contribution in [0.15, 0.2) is 40.9 Å². The molecule has 0 heterocycles. The Morgan fingerprint density at radius 3 is 2.75 bits per heavy atom. The molecule has 0 saturated carbocycles. The molecule has 0 unspecified atom stereocenters. The molecule has 0 N–H and O–H groups in total. The Balaban J connectivity index is 2.45. The Hall–Kier alpha value is -2.46. The van der Waals surface area contributed by atoms with Gasteiger partial charge in [0.05, 0.1) is 21.0 Å². The molecular formula is C13H6BrFN2O3. The van der Waals surface area contributed by atoms with Crippen molar-refractivity contribution in [2.45, 2.75) is 0 Å². The molecule has 0 amide bonds. The van der Waals surface area contributed by atoms with Crippen LogP contribution in [0.3, 0.4) is 0 Å². The van der Waals surface area contributed by atoms with E-state index in [1.807, 2.05) is 6.07 Å². The molecule has 2 aromatic carbocycles. The zero-order chi connectivity index (χ0) is 14.7. The van der Waals surface area contributed by atoms with Crippen molar-refractivity contribution >= 4 is 21.6 Å². The van der Waals surface area contributed by atoms with E-state index in [1.165, 1.54) is 12.1 Å². The third-order valence-electron chi connectivity index (χ3n) is 2.39. The van der Waals surface area contributed by atoms with E-state index in [4.69, 9.17) is 10.00 Å². The smallest absolute Gasteiger partial charge is 0.312 e. The normalized spacial score (nSPS) is 9.85. The van der Waals surface area contributed by atoms with Crippen LogP contribution in [0.25, 0.3) is 0 Å². The monoisotopic (exact) mass is 336 g/mol. The van der Waals surface area contributed by atoms with Gasteiger partial charge in [-0.2, -0.15) is 5.26 Å². The van der Waals surface area contributed by atoms with E-state index in [1.54, 1.807) is 12.1 Å². The van der Waals surface area contributed by atoms with Crippen LogP contribution < -0.4 is 4.74 Å². The highest BCUT2D eigenvalue weighted by Gasteiger charge is 2.19. The molecule has 0 aliphatic rings. The molecule has 2 aromatic rings. The first-order valence-corrected chi connectivity index (χ1v) is 6.12. The highest BCUT2D eigenvalue weighted by atomic mass is 79.9. The minimum atomic E-state index is -0.679. The lowest BCUT2D eigenvalue weighted by molar-refractivity contribution is -0.385. The first-order chi connectivity index (χ1) is 9.51. The second-order valence-corrected chi connectivity index (χ2v) is 4.59. The van der Waals surface area contributed by atoms with E-state index in [-0.39, 0.29) is 21.7 Å². The van der Waals surface area contributed by atoms with Gasteiger partial charge >= 0.3 is 5.69 Å². The molecule has 0 spiro atoms. The molecule has 0 aliphatic carbocycles. The van der Waals surface area contributed by atoms with Gasteiger partial charge in [-0.15, -0.1) is 0 Å². The molecule has 100 valence electrons. The van der Waals surface area contributed by atoms with Crippen molar-refractivity contribution in [3.63, 3.8) is 0 Å². The van der Waals surface area contributed by atoms with Crippen molar-refractivity contribution in [3.05, 3.63) is 62.4 Å². The van der Waals surface area contributed by atoms with E-state index in [0.29, 0.717) is 5.56 Å². The molecule has 5 nitrogen and oxygen atoms in total. The number of nitro groups is 1. The maximum absolute atomic E-state index is 13.5. The second kappa shape index (κ2) is 5.67. The molecular weight excluding hydrogens is 331 g/mol. The Morgan fingerprint density at radius 2 is 2.10 bits per heavy atom. The summed E-state index contributed by atoms with van der Waals surface area (Å²) in [6.45, 7) is 0. The molecule has 0 bridgehead atoms. The summed E-state index contributed by atoms with van der Waals surface area (Å²) in [6.07, 6.45) is 0. The summed E-state index contributed by atoms with van der Waals surface area (Å²) in [7, 11) is 0. The van der Waals surface area contributed by atoms with Gasteiger partial charge in [-0.1, -0.05) is 6.07 Å². The summed E-state index contributed by atoms with van der Waals surface area (Å²) in [5.74, 6) is -0.693.